The summed E-state index contributed by atoms with van der Waals surface area (Å²) < 4.78 is 21.4. The van der Waals surface area contributed by atoms with E-state index in [1.165, 1.54) is 11.1 Å². The van der Waals surface area contributed by atoms with Crippen LogP contribution in [0.15, 0.2) is 48.5 Å². The largest absolute Gasteiger partial charge is 0.444 e. The quantitative estimate of drug-likeness (QED) is 0.449. The standard InChI is InChI=1S/C32H41FN2O3/c1-31(2,3)38-30(37)35-15-11-24(12-16-35)25-9-10-28-26(19-25)20-27(29(28)36)21-32(33)13-17-34(18-14-32)22-23-7-5-4-6-8-23/h4-10,19,24,27H,11-18,20-22H2,1-3H3. The number of nitrogens with zero attached hydrogens (tertiary/aromatic N) is 2. The van der Waals surface area contributed by atoms with E-state index in [0.29, 0.717) is 44.7 Å². The first-order chi connectivity index (χ1) is 18.1. The maximum Gasteiger partial charge on any atom is 0.410 e. The summed E-state index contributed by atoms with van der Waals surface area (Å²) in [5.74, 6) is 0.199. The zero-order valence-electron chi connectivity index (χ0n) is 23.0. The van der Waals surface area contributed by atoms with Crippen molar-refractivity contribution in [1.29, 1.82) is 0 Å². The minimum Gasteiger partial charge on any atom is -0.444 e. The first-order valence-corrected chi connectivity index (χ1v) is 14.2. The minimum absolute atomic E-state index is 0.107. The van der Waals surface area contributed by atoms with Crippen molar-refractivity contribution in [2.45, 2.75) is 83.0 Å². The number of piperidine rings is 2. The number of likely N-dealkylation sites (tertiary alicyclic amines) is 2. The molecule has 2 heterocycles. The molecular formula is C32H41FN2O3. The van der Waals surface area contributed by atoms with Crippen molar-refractivity contribution in [3.8, 4) is 0 Å². The fraction of sp³-hybridized carbons (Fsp3) is 0.562. The van der Waals surface area contributed by atoms with Gasteiger partial charge in [-0.1, -0.05) is 48.5 Å². The van der Waals surface area contributed by atoms with E-state index in [4.69, 9.17) is 4.74 Å². The highest BCUT2D eigenvalue weighted by Crippen LogP contribution is 2.40. The maximum absolute atomic E-state index is 15.9. The van der Waals surface area contributed by atoms with Gasteiger partial charge in [0, 0.05) is 44.2 Å². The van der Waals surface area contributed by atoms with Crippen LogP contribution in [0.25, 0.3) is 0 Å². The summed E-state index contributed by atoms with van der Waals surface area (Å²) in [6.07, 6.45) is 3.44. The second-order valence-electron chi connectivity index (χ2n) is 12.5. The van der Waals surface area contributed by atoms with E-state index in [1.54, 1.807) is 4.90 Å². The highest BCUT2D eigenvalue weighted by Gasteiger charge is 2.41. The second-order valence-corrected chi connectivity index (χ2v) is 12.5. The van der Waals surface area contributed by atoms with Crippen LogP contribution < -0.4 is 0 Å². The first kappa shape index (κ1) is 26.9. The molecule has 0 bridgehead atoms. The van der Waals surface area contributed by atoms with Gasteiger partial charge < -0.3 is 9.64 Å². The number of benzene rings is 2. The Balaban J connectivity index is 1.14. The molecule has 2 aromatic carbocycles. The predicted octanol–water partition coefficient (Wildman–Crippen LogP) is 6.55. The Bertz CT molecular complexity index is 1140. The van der Waals surface area contributed by atoms with Gasteiger partial charge in [0.25, 0.3) is 0 Å². The number of halogens is 1. The van der Waals surface area contributed by atoms with E-state index in [9.17, 15) is 9.59 Å². The summed E-state index contributed by atoms with van der Waals surface area (Å²) in [5.41, 5.74) is 2.56. The molecule has 1 aliphatic carbocycles. The molecular weight excluding hydrogens is 479 g/mol. The average molecular weight is 521 g/mol. The Labute approximate surface area is 226 Å². The van der Waals surface area contributed by atoms with Gasteiger partial charge in [-0.15, -0.1) is 0 Å². The lowest BCUT2D eigenvalue weighted by Crippen LogP contribution is -2.42. The summed E-state index contributed by atoms with van der Waals surface area (Å²) in [6.45, 7) is 9.30. The molecule has 2 aromatic rings. The third kappa shape index (κ3) is 6.28. The summed E-state index contributed by atoms with van der Waals surface area (Å²) in [7, 11) is 0. The molecule has 1 atom stereocenters. The lowest BCUT2D eigenvalue weighted by Gasteiger charge is -2.37. The number of alkyl halides is 1. The number of amides is 1. The van der Waals surface area contributed by atoms with Crippen LogP contribution in [-0.2, 0) is 17.7 Å². The van der Waals surface area contributed by atoms with Gasteiger partial charge in [-0.3, -0.25) is 9.69 Å². The summed E-state index contributed by atoms with van der Waals surface area (Å²) >= 11 is 0. The molecule has 3 aliphatic rings. The van der Waals surface area contributed by atoms with E-state index in [0.717, 1.165) is 43.6 Å². The molecule has 0 N–H and O–H groups in total. The van der Waals surface area contributed by atoms with E-state index >= 15 is 4.39 Å². The number of hydrogen-bond acceptors (Lipinski definition) is 4. The molecule has 0 aromatic heterocycles. The van der Waals surface area contributed by atoms with Crippen molar-refractivity contribution in [3.05, 3.63) is 70.8 Å². The van der Waals surface area contributed by atoms with Gasteiger partial charge in [0.05, 0.1) is 0 Å². The fourth-order valence-electron chi connectivity index (χ4n) is 6.34. The van der Waals surface area contributed by atoms with E-state index in [2.05, 4.69) is 29.2 Å². The van der Waals surface area contributed by atoms with Crippen molar-refractivity contribution in [2.24, 2.45) is 5.92 Å². The van der Waals surface area contributed by atoms with Crippen molar-refractivity contribution in [1.82, 2.24) is 9.80 Å². The first-order valence-electron chi connectivity index (χ1n) is 14.2. The number of carbonyl (C=O) groups excluding carboxylic acids is 2. The molecule has 0 saturated carbocycles. The second kappa shape index (κ2) is 10.8. The van der Waals surface area contributed by atoms with Crippen molar-refractivity contribution in [2.75, 3.05) is 26.2 Å². The molecule has 5 rings (SSSR count). The predicted molar refractivity (Wildman–Crippen MR) is 147 cm³/mol. The SMILES string of the molecule is CC(C)(C)OC(=O)N1CCC(c2ccc3c(c2)CC(CC2(F)CCN(Cc4ccccc4)CC2)C3=O)CC1. The summed E-state index contributed by atoms with van der Waals surface area (Å²) in [5, 5.41) is 0. The van der Waals surface area contributed by atoms with E-state index in [-0.39, 0.29) is 17.8 Å². The number of hydrogen-bond donors (Lipinski definition) is 0. The number of fused-ring (bicyclic) bond motifs is 1. The van der Waals surface area contributed by atoms with Crippen LogP contribution in [-0.4, -0.2) is 59.1 Å². The third-order valence-electron chi connectivity index (χ3n) is 8.46. The Kier molecular flexibility index (Phi) is 7.63. The van der Waals surface area contributed by atoms with Crippen molar-refractivity contribution >= 4 is 11.9 Å². The van der Waals surface area contributed by atoms with Crippen LogP contribution >= 0.6 is 0 Å². The van der Waals surface area contributed by atoms with Gasteiger partial charge in [-0.25, -0.2) is 9.18 Å². The van der Waals surface area contributed by atoms with Gasteiger partial charge in [0.15, 0.2) is 5.78 Å². The highest BCUT2D eigenvalue weighted by atomic mass is 19.1. The molecule has 0 radical (unpaired) electrons. The normalized spacial score (nSPS) is 22.4. The Morgan fingerprint density at radius 3 is 2.37 bits per heavy atom. The molecule has 2 aliphatic heterocycles. The van der Waals surface area contributed by atoms with Gasteiger partial charge in [0.2, 0.25) is 0 Å². The Hall–Kier alpha value is -2.73. The van der Waals surface area contributed by atoms with Crippen LogP contribution in [0.2, 0.25) is 0 Å². The molecule has 2 saturated heterocycles. The van der Waals surface area contributed by atoms with Crippen LogP contribution in [0.3, 0.4) is 0 Å². The molecule has 1 amide bonds. The monoisotopic (exact) mass is 520 g/mol. The van der Waals surface area contributed by atoms with Crippen LogP contribution in [0.4, 0.5) is 9.18 Å². The number of ketones is 1. The summed E-state index contributed by atoms with van der Waals surface area (Å²) in [6, 6.07) is 16.5. The Morgan fingerprint density at radius 1 is 1.03 bits per heavy atom. The molecule has 6 heteroatoms. The number of carbonyl (C=O) groups is 2. The number of ether oxygens (including phenoxy) is 1. The van der Waals surface area contributed by atoms with Gasteiger partial charge in [0.1, 0.15) is 11.3 Å². The lowest BCUT2D eigenvalue weighted by molar-refractivity contribution is 0.0204. The molecule has 5 nitrogen and oxygen atoms in total. The Morgan fingerprint density at radius 2 is 1.71 bits per heavy atom. The van der Waals surface area contributed by atoms with Gasteiger partial charge >= 0.3 is 6.09 Å². The van der Waals surface area contributed by atoms with Crippen LogP contribution in [0.1, 0.15) is 85.8 Å². The fourth-order valence-corrected chi connectivity index (χ4v) is 6.34. The molecule has 1 unspecified atom stereocenters. The number of Topliss-reactive ketones (excluding diaryl/α,β-unsaturated/α-hetero) is 1. The van der Waals surface area contributed by atoms with Gasteiger partial charge in [-0.2, -0.15) is 0 Å². The summed E-state index contributed by atoms with van der Waals surface area (Å²) in [4.78, 5) is 29.7. The van der Waals surface area contributed by atoms with Crippen LogP contribution in [0.5, 0.6) is 0 Å². The molecule has 38 heavy (non-hydrogen) atoms. The molecule has 2 fully saturated rings. The molecule has 204 valence electrons. The minimum atomic E-state index is -1.27. The molecule has 0 spiro atoms. The van der Waals surface area contributed by atoms with Gasteiger partial charge in [-0.05, 0) is 81.9 Å². The van der Waals surface area contributed by atoms with Crippen LogP contribution in [0, 0.1) is 5.92 Å². The van der Waals surface area contributed by atoms with E-state index in [1.807, 2.05) is 45.0 Å². The third-order valence-corrected chi connectivity index (χ3v) is 8.46. The number of rotatable bonds is 5. The topological polar surface area (TPSA) is 49.9 Å². The highest BCUT2D eigenvalue weighted by molar-refractivity contribution is 6.02. The smallest absolute Gasteiger partial charge is 0.410 e. The lowest BCUT2D eigenvalue weighted by atomic mass is 9.82. The van der Waals surface area contributed by atoms with Crippen molar-refractivity contribution < 1.29 is 18.7 Å². The average Bonchev–Trinajstić information content (AvgIpc) is 3.19. The maximum atomic E-state index is 15.9. The zero-order valence-corrected chi connectivity index (χ0v) is 23.0. The zero-order chi connectivity index (χ0) is 26.9. The van der Waals surface area contributed by atoms with E-state index < -0.39 is 11.3 Å². The van der Waals surface area contributed by atoms with Crippen molar-refractivity contribution in [3.63, 3.8) is 0 Å².